The van der Waals surface area contributed by atoms with Crippen LogP contribution in [0.1, 0.15) is 31.9 Å². The molecule has 208 valence electrons. The first-order valence-corrected chi connectivity index (χ1v) is 15.4. The zero-order valence-electron chi connectivity index (χ0n) is 22.4. The van der Waals surface area contributed by atoms with E-state index in [1.807, 2.05) is 57.2 Å². The van der Waals surface area contributed by atoms with E-state index in [9.17, 15) is 18.0 Å². The standard InChI is InChI=1S/C29H33BrClN3O4S/c1-29(2,3)32-28(36)26(17-21-10-6-5-7-11-21)33(19-22-12-8-14-24(31)16-22)27(35)20-34(39(4,37)38)25-15-9-13-23(30)18-25/h5-16,18,26H,17,19-20H2,1-4H3,(H,32,36). The Morgan fingerprint density at radius 3 is 2.18 bits per heavy atom. The Balaban J connectivity index is 2.08. The number of nitrogens with zero attached hydrogens (tertiary/aromatic N) is 2. The van der Waals surface area contributed by atoms with E-state index in [1.165, 1.54) is 4.90 Å². The maximum atomic E-state index is 14.0. The van der Waals surface area contributed by atoms with Gasteiger partial charge < -0.3 is 10.2 Å². The van der Waals surface area contributed by atoms with Crippen LogP contribution in [-0.4, -0.2) is 49.5 Å². The first-order valence-electron chi connectivity index (χ1n) is 12.4. The van der Waals surface area contributed by atoms with Crippen LogP contribution in [-0.2, 0) is 32.6 Å². The number of sulfonamides is 1. The van der Waals surface area contributed by atoms with Crippen molar-refractivity contribution in [2.75, 3.05) is 17.1 Å². The third-order valence-electron chi connectivity index (χ3n) is 5.79. The number of halogens is 2. The van der Waals surface area contributed by atoms with Crippen molar-refractivity contribution < 1.29 is 18.0 Å². The Hall–Kier alpha value is -2.88. The molecule has 0 fully saturated rings. The molecule has 0 heterocycles. The van der Waals surface area contributed by atoms with Crippen LogP contribution in [0.3, 0.4) is 0 Å². The van der Waals surface area contributed by atoms with E-state index in [4.69, 9.17) is 11.6 Å². The van der Waals surface area contributed by atoms with Gasteiger partial charge in [0.1, 0.15) is 12.6 Å². The molecule has 0 aliphatic carbocycles. The second-order valence-corrected chi connectivity index (χ2v) is 13.6. The lowest BCUT2D eigenvalue weighted by molar-refractivity contribution is -0.140. The number of carbonyl (C=O) groups is 2. The van der Waals surface area contributed by atoms with Crippen LogP contribution in [0, 0.1) is 0 Å². The first-order chi connectivity index (χ1) is 18.2. The van der Waals surface area contributed by atoms with Crippen LogP contribution >= 0.6 is 27.5 Å². The van der Waals surface area contributed by atoms with Crippen LogP contribution in [0.15, 0.2) is 83.3 Å². The molecule has 1 N–H and O–H groups in total. The Kier molecular flexibility index (Phi) is 10.2. The Bertz CT molecular complexity index is 1410. The molecular formula is C29H33BrClN3O4S. The van der Waals surface area contributed by atoms with Gasteiger partial charge >= 0.3 is 0 Å². The van der Waals surface area contributed by atoms with Crippen molar-refractivity contribution in [3.63, 3.8) is 0 Å². The fraction of sp³-hybridized carbons (Fsp3) is 0.310. The van der Waals surface area contributed by atoms with E-state index < -0.39 is 34.1 Å². The van der Waals surface area contributed by atoms with Gasteiger partial charge in [0, 0.05) is 28.0 Å². The molecule has 0 bridgehead atoms. The number of rotatable bonds is 10. The molecule has 0 saturated carbocycles. The second kappa shape index (κ2) is 13.0. The molecule has 0 radical (unpaired) electrons. The smallest absolute Gasteiger partial charge is 0.244 e. The summed E-state index contributed by atoms with van der Waals surface area (Å²) in [5, 5.41) is 3.49. The van der Waals surface area contributed by atoms with Crippen LogP contribution in [0.4, 0.5) is 5.69 Å². The number of benzene rings is 3. The van der Waals surface area contributed by atoms with Crippen molar-refractivity contribution in [1.82, 2.24) is 10.2 Å². The highest BCUT2D eigenvalue weighted by molar-refractivity contribution is 9.10. The second-order valence-electron chi connectivity index (χ2n) is 10.3. The predicted octanol–water partition coefficient (Wildman–Crippen LogP) is 5.42. The summed E-state index contributed by atoms with van der Waals surface area (Å²) in [7, 11) is -3.83. The maximum Gasteiger partial charge on any atom is 0.244 e. The van der Waals surface area contributed by atoms with Gasteiger partial charge in [-0.15, -0.1) is 0 Å². The monoisotopic (exact) mass is 633 g/mol. The highest BCUT2D eigenvalue weighted by Gasteiger charge is 2.34. The summed E-state index contributed by atoms with van der Waals surface area (Å²) in [6.07, 6.45) is 1.29. The third-order valence-corrected chi connectivity index (χ3v) is 7.66. The summed E-state index contributed by atoms with van der Waals surface area (Å²) in [6, 6.07) is 22.2. The lowest BCUT2D eigenvalue weighted by atomic mass is 10.0. The van der Waals surface area contributed by atoms with Crippen molar-refractivity contribution in [1.29, 1.82) is 0 Å². The van der Waals surface area contributed by atoms with Gasteiger partial charge in [-0.05, 0) is 62.2 Å². The highest BCUT2D eigenvalue weighted by Crippen LogP contribution is 2.24. The molecule has 0 aliphatic rings. The van der Waals surface area contributed by atoms with E-state index in [2.05, 4.69) is 21.2 Å². The van der Waals surface area contributed by atoms with Gasteiger partial charge in [0.25, 0.3) is 0 Å². The van der Waals surface area contributed by atoms with Crippen LogP contribution < -0.4 is 9.62 Å². The quantitative estimate of drug-likeness (QED) is 0.323. The van der Waals surface area contributed by atoms with Gasteiger partial charge in [0.05, 0.1) is 11.9 Å². The van der Waals surface area contributed by atoms with Crippen molar-refractivity contribution in [2.24, 2.45) is 0 Å². The summed E-state index contributed by atoms with van der Waals surface area (Å²) in [4.78, 5) is 29.2. The van der Waals surface area contributed by atoms with Crippen molar-refractivity contribution >= 4 is 55.1 Å². The fourth-order valence-corrected chi connectivity index (χ4v) is 5.53. The third kappa shape index (κ3) is 9.37. The van der Waals surface area contributed by atoms with E-state index in [0.717, 1.165) is 16.1 Å². The van der Waals surface area contributed by atoms with Gasteiger partial charge in [0.15, 0.2) is 0 Å². The van der Waals surface area contributed by atoms with E-state index in [-0.39, 0.29) is 18.9 Å². The zero-order chi connectivity index (χ0) is 28.8. The summed E-state index contributed by atoms with van der Waals surface area (Å²) in [5.74, 6) is -0.861. The number of hydrogen-bond donors (Lipinski definition) is 1. The van der Waals surface area contributed by atoms with Crippen LogP contribution in [0.5, 0.6) is 0 Å². The van der Waals surface area contributed by atoms with Crippen molar-refractivity contribution in [3.05, 3.63) is 99.5 Å². The van der Waals surface area contributed by atoms with Crippen LogP contribution in [0.25, 0.3) is 0 Å². The average Bonchev–Trinajstić information content (AvgIpc) is 2.83. The molecule has 0 saturated heterocycles. The van der Waals surface area contributed by atoms with Gasteiger partial charge in [0.2, 0.25) is 21.8 Å². The van der Waals surface area contributed by atoms with E-state index >= 15 is 0 Å². The maximum absolute atomic E-state index is 14.0. The molecular weight excluding hydrogens is 602 g/mol. The topological polar surface area (TPSA) is 86.8 Å². The zero-order valence-corrected chi connectivity index (χ0v) is 25.6. The largest absolute Gasteiger partial charge is 0.350 e. The summed E-state index contributed by atoms with van der Waals surface area (Å²) in [6.45, 7) is 5.18. The predicted molar refractivity (Wildman–Crippen MR) is 160 cm³/mol. The molecule has 39 heavy (non-hydrogen) atoms. The molecule has 0 aromatic heterocycles. The van der Waals surface area contributed by atoms with Gasteiger partial charge in [-0.1, -0.05) is 76.1 Å². The Labute approximate surface area is 244 Å². The number of amides is 2. The summed E-state index contributed by atoms with van der Waals surface area (Å²) >= 11 is 9.60. The lowest BCUT2D eigenvalue weighted by Crippen LogP contribution is -2.56. The van der Waals surface area contributed by atoms with Crippen molar-refractivity contribution in [2.45, 2.75) is 45.3 Å². The molecule has 0 aliphatic heterocycles. The van der Waals surface area contributed by atoms with E-state index in [1.54, 1.807) is 42.5 Å². The summed E-state index contributed by atoms with van der Waals surface area (Å²) in [5.41, 5.74) is 1.36. The van der Waals surface area contributed by atoms with Gasteiger partial charge in [-0.2, -0.15) is 0 Å². The number of nitrogens with one attached hydrogen (secondary N) is 1. The molecule has 3 rings (SSSR count). The molecule has 3 aromatic rings. The first kappa shape index (κ1) is 30.7. The summed E-state index contributed by atoms with van der Waals surface area (Å²) < 4.78 is 27.4. The molecule has 3 aromatic carbocycles. The molecule has 0 spiro atoms. The van der Waals surface area contributed by atoms with Crippen LogP contribution in [0.2, 0.25) is 5.02 Å². The molecule has 7 nitrogen and oxygen atoms in total. The van der Waals surface area contributed by atoms with Gasteiger partial charge in [-0.25, -0.2) is 8.42 Å². The van der Waals surface area contributed by atoms with E-state index in [0.29, 0.717) is 20.7 Å². The Morgan fingerprint density at radius 1 is 0.949 bits per heavy atom. The molecule has 10 heteroatoms. The minimum absolute atomic E-state index is 0.0601. The number of carbonyl (C=O) groups excluding carboxylic acids is 2. The lowest BCUT2D eigenvalue weighted by Gasteiger charge is -2.35. The normalized spacial score (nSPS) is 12.5. The minimum Gasteiger partial charge on any atom is -0.350 e. The minimum atomic E-state index is -3.83. The number of hydrogen-bond acceptors (Lipinski definition) is 4. The average molecular weight is 635 g/mol. The molecule has 1 unspecified atom stereocenters. The Morgan fingerprint density at radius 2 is 1.59 bits per heavy atom. The SMILES string of the molecule is CC(C)(C)NC(=O)C(Cc1ccccc1)N(Cc1cccc(Cl)c1)C(=O)CN(c1cccc(Br)c1)S(C)(=O)=O. The molecule has 1 atom stereocenters. The molecule has 2 amide bonds. The van der Waals surface area contributed by atoms with Crippen molar-refractivity contribution in [3.8, 4) is 0 Å². The number of anilines is 1. The van der Waals surface area contributed by atoms with Gasteiger partial charge in [-0.3, -0.25) is 13.9 Å². The highest BCUT2D eigenvalue weighted by atomic mass is 79.9. The fourth-order valence-electron chi connectivity index (χ4n) is 4.08.